The van der Waals surface area contributed by atoms with Gasteiger partial charge in [0.05, 0.1) is 5.69 Å². The minimum atomic E-state index is -0.325. The molecule has 1 aromatic rings. The lowest BCUT2D eigenvalue weighted by Gasteiger charge is -2.11. The van der Waals surface area contributed by atoms with Crippen molar-refractivity contribution in [3.63, 3.8) is 0 Å². The molecule has 1 aromatic heterocycles. The maximum Gasteiger partial charge on any atom is 0.416 e. The minimum absolute atomic E-state index is 0.325. The molecule has 0 spiro atoms. The molecule has 1 rings (SSSR count). The van der Waals surface area contributed by atoms with E-state index in [1.807, 2.05) is 0 Å². The van der Waals surface area contributed by atoms with Gasteiger partial charge in [-0.05, 0) is 12.8 Å². The van der Waals surface area contributed by atoms with E-state index in [1.165, 1.54) is 83.5 Å². The Bertz CT molecular complexity index is 435. The molecular formula is C21H39NO2. The fourth-order valence-electron chi connectivity index (χ4n) is 3.48. The van der Waals surface area contributed by atoms with Gasteiger partial charge in [0.1, 0.15) is 6.26 Å². The van der Waals surface area contributed by atoms with E-state index in [0.29, 0.717) is 5.92 Å². The van der Waals surface area contributed by atoms with Gasteiger partial charge in [-0.1, -0.05) is 97.3 Å². The minimum Gasteiger partial charge on any atom is -0.416 e. The van der Waals surface area contributed by atoms with Crippen LogP contribution in [0.25, 0.3) is 0 Å². The van der Waals surface area contributed by atoms with Crippen molar-refractivity contribution in [2.75, 3.05) is 0 Å². The van der Waals surface area contributed by atoms with Crippen molar-refractivity contribution in [1.29, 1.82) is 0 Å². The molecule has 24 heavy (non-hydrogen) atoms. The second-order valence-electron chi connectivity index (χ2n) is 7.24. The Labute approximate surface area is 148 Å². The van der Waals surface area contributed by atoms with E-state index in [4.69, 9.17) is 4.42 Å². The zero-order valence-electron chi connectivity index (χ0n) is 16.1. The molecule has 0 aliphatic heterocycles. The fraction of sp³-hybridized carbons (Fsp3) is 0.857. The smallest absolute Gasteiger partial charge is 0.416 e. The van der Waals surface area contributed by atoms with Crippen molar-refractivity contribution in [2.24, 2.45) is 0 Å². The molecule has 0 fully saturated rings. The third-order valence-electron chi connectivity index (χ3n) is 5.13. The third kappa shape index (κ3) is 10.00. The lowest BCUT2D eigenvalue weighted by atomic mass is 9.95. The highest BCUT2D eigenvalue weighted by Gasteiger charge is 2.11. The van der Waals surface area contributed by atoms with E-state index in [0.717, 1.165) is 18.5 Å². The first-order valence-electron chi connectivity index (χ1n) is 10.5. The van der Waals surface area contributed by atoms with E-state index in [-0.39, 0.29) is 5.76 Å². The number of aromatic amines is 1. The van der Waals surface area contributed by atoms with Gasteiger partial charge in [0.2, 0.25) is 0 Å². The topological polar surface area (TPSA) is 46.0 Å². The normalized spacial score (nSPS) is 12.6. The third-order valence-corrected chi connectivity index (χ3v) is 5.13. The molecule has 140 valence electrons. The van der Waals surface area contributed by atoms with Crippen LogP contribution in [0.1, 0.15) is 122 Å². The Morgan fingerprint density at radius 3 is 1.75 bits per heavy atom. The Balaban J connectivity index is 1.89. The Morgan fingerprint density at radius 2 is 1.33 bits per heavy atom. The largest absolute Gasteiger partial charge is 0.416 e. The van der Waals surface area contributed by atoms with Crippen molar-refractivity contribution in [2.45, 2.75) is 116 Å². The number of H-pyrrole nitrogens is 1. The molecule has 0 aliphatic rings. The molecule has 3 heteroatoms. The zero-order chi connectivity index (χ0) is 17.5. The second kappa shape index (κ2) is 14.4. The number of unbranched alkanes of at least 4 members (excludes halogenated alkanes) is 12. The molecule has 0 aromatic carbocycles. The second-order valence-corrected chi connectivity index (χ2v) is 7.24. The van der Waals surface area contributed by atoms with Crippen LogP contribution in [-0.2, 0) is 0 Å². The molecule has 3 nitrogen and oxygen atoms in total. The van der Waals surface area contributed by atoms with Gasteiger partial charge in [0.15, 0.2) is 0 Å². The molecular weight excluding hydrogens is 298 g/mol. The lowest BCUT2D eigenvalue weighted by Crippen LogP contribution is -2.02. The van der Waals surface area contributed by atoms with Crippen molar-refractivity contribution in [3.8, 4) is 0 Å². The van der Waals surface area contributed by atoms with Crippen LogP contribution in [0, 0.1) is 0 Å². The summed E-state index contributed by atoms with van der Waals surface area (Å²) < 4.78 is 4.86. The summed E-state index contributed by atoms with van der Waals surface area (Å²) >= 11 is 0. The van der Waals surface area contributed by atoms with Crippen LogP contribution in [0.2, 0.25) is 0 Å². The van der Waals surface area contributed by atoms with Gasteiger partial charge in [-0.2, -0.15) is 0 Å². The molecule has 0 bridgehead atoms. The summed E-state index contributed by atoms with van der Waals surface area (Å²) in [5.74, 6) is 0.123. The lowest BCUT2D eigenvalue weighted by molar-refractivity contribution is 0.501. The number of hydrogen-bond donors (Lipinski definition) is 1. The van der Waals surface area contributed by atoms with Gasteiger partial charge in [-0.3, -0.25) is 4.98 Å². The van der Waals surface area contributed by atoms with Crippen LogP contribution in [0.15, 0.2) is 15.5 Å². The number of rotatable bonds is 16. The molecule has 0 amide bonds. The quantitative estimate of drug-likeness (QED) is 0.332. The molecule has 0 aliphatic carbocycles. The Kier molecular flexibility index (Phi) is 12.6. The monoisotopic (exact) mass is 337 g/mol. The van der Waals surface area contributed by atoms with E-state index >= 15 is 0 Å². The van der Waals surface area contributed by atoms with Crippen LogP contribution < -0.4 is 5.76 Å². The highest BCUT2D eigenvalue weighted by molar-refractivity contribution is 5.00. The van der Waals surface area contributed by atoms with Gasteiger partial charge >= 0.3 is 5.76 Å². The van der Waals surface area contributed by atoms with Gasteiger partial charge in [-0.15, -0.1) is 0 Å². The fourth-order valence-corrected chi connectivity index (χ4v) is 3.48. The van der Waals surface area contributed by atoms with Gasteiger partial charge in [0, 0.05) is 5.92 Å². The maximum atomic E-state index is 11.1. The first-order chi connectivity index (χ1) is 11.8. The summed E-state index contributed by atoms with van der Waals surface area (Å²) in [5, 5.41) is 0. The summed E-state index contributed by atoms with van der Waals surface area (Å²) in [6.45, 7) is 4.46. The Hall–Kier alpha value is -0.990. The molecule has 0 radical (unpaired) electrons. The van der Waals surface area contributed by atoms with E-state index < -0.39 is 0 Å². The molecule has 1 atom stereocenters. The Morgan fingerprint density at radius 1 is 0.833 bits per heavy atom. The SMILES string of the molecule is CCCCCCCCCCCCCCCC(CC)c1coc(=O)[nH]1. The molecule has 0 saturated carbocycles. The molecule has 0 saturated heterocycles. The highest BCUT2D eigenvalue weighted by Crippen LogP contribution is 2.24. The van der Waals surface area contributed by atoms with E-state index in [1.54, 1.807) is 6.26 Å². The standard InChI is InChI=1S/C21H39NO2/c1-3-5-6-7-8-9-10-11-12-13-14-15-16-17-19(4-2)20-18-24-21(23)22-20/h18-19H,3-17H2,1-2H3,(H,22,23). The highest BCUT2D eigenvalue weighted by atomic mass is 16.4. The van der Waals surface area contributed by atoms with Crippen molar-refractivity contribution < 1.29 is 4.42 Å². The number of oxazole rings is 1. The van der Waals surface area contributed by atoms with E-state index in [2.05, 4.69) is 18.8 Å². The predicted molar refractivity (Wildman–Crippen MR) is 103 cm³/mol. The van der Waals surface area contributed by atoms with Crippen LogP contribution >= 0.6 is 0 Å². The molecule has 1 unspecified atom stereocenters. The molecule has 1 N–H and O–H groups in total. The predicted octanol–water partition coefficient (Wildman–Crippen LogP) is 6.94. The van der Waals surface area contributed by atoms with Gasteiger partial charge in [-0.25, -0.2) is 4.79 Å². The van der Waals surface area contributed by atoms with Gasteiger partial charge < -0.3 is 4.42 Å². The van der Waals surface area contributed by atoms with Crippen molar-refractivity contribution in [3.05, 3.63) is 22.5 Å². The summed E-state index contributed by atoms with van der Waals surface area (Å²) in [6.07, 6.45) is 21.9. The summed E-state index contributed by atoms with van der Waals surface area (Å²) in [5.41, 5.74) is 0.974. The zero-order valence-corrected chi connectivity index (χ0v) is 16.1. The van der Waals surface area contributed by atoms with Crippen LogP contribution in [-0.4, -0.2) is 4.98 Å². The summed E-state index contributed by atoms with van der Waals surface area (Å²) in [4.78, 5) is 13.9. The first-order valence-corrected chi connectivity index (χ1v) is 10.5. The first kappa shape index (κ1) is 21.1. The van der Waals surface area contributed by atoms with Gasteiger partial charge in [0.25, 0.3) is 0 Å². The number of aromatic nitrogens is 1. The van der Waals surface area contributed by atoms with Crippen molar-refractivity contribution >= 4 is 0 Å². The summed E-state index contributed by atoms with van der Waals surface area (Å²) in [6, 6.07) is 0. The average molecular weight is 338 g/mol. The summed E-state index contributed by atoms with van der Waals surface area (Å²) in [7, 11) is 0. The average Bonchev–Trinajstić information content (AvgIpc) is 3.01. The van der Waals surface area contributed by atoms with Crippen LogP contribution in [0.4, 0.5) is 0 Å². The number of nitrogens with one attached hydrogen (secondary N) is 1. The number of hydrogen-bond acceptors (Lipinski definition) is 2. The van der Waals surface area contributed by atoms with E-state index in [9.17, 15) is 4.79 Å². The van der Waals surface area contributed by atoms with Crippen LogP contribution in [0.5, 0.6) is 0 Å². The van der Waals surface area contributed by atoms with Crippen LogP contribution in [0.3, 0.4) is 0 Å². The van der Waals surface area contributed by atoms with Crippen molar-refractivity contribution in [1.82, 2.24) is 4.98 Å². The maximum absolute atomic E-state index is 11.1. The molecule has 1 heterocycles.